The van der Waals surface area contributed by atoms with Crippen LogP contribution in [-0.2, 0) is 23.8 Å². The van der Waals surface area contributed by atoms with Crippen LogP contribution >= 0.6 is 0 Å². The Balaban J connectivity index is 2.73. The van der Waals surface area contributed by atoms with Crippen molar-refractivity contribution in [1.82, 2.24) is 0 Å². The number of methoxy groups -OCH3 is 2. The molecule has 0 atom stereocenters. The average molecular weight is 332 g/mol. The molecular weight excluding hydrogens is 316 g/mol. The lowest BCUT2D eigenvalue weighted by Gasteiger charge is -2.32. The molecule has 1 aromatic carbocycles. The first kappa shape index (κ1) is 17.3. The van der Waals surface area contributed by atoms with Crippen LogP contribution in [0.3, 0.4) is 0 Å². The Morgan fingerprint density at radius 2 is 1.96 bits per heavy atom. The van der Waals surface area contributed by atoms with Gasteiger partial charge in [0.15, 0.2) is 0 Å². The number of phenolic OH excluding ortho intramolecular Hbond substituents is 1. The van der Waals surface area contributed by atoms with E-state index >= 15 is 0 Å². The molecule has 0 saturated carbocycles. The van der Waals surface area contributed by atoms with E-state index in [4.69, 9.17) is 9.47 Å². The molecule has 0 aromatic heterocycles. The van der Waals surface area contributed by atoms with Gasteiger partial charge in [-0.25, -0.2) is 9.59 Å². The molecule has 1 aliphatic rings. The third kappa shape index (κ3) is 2.89. The first-order valence-electron chi connectivity index (χ1n) is 6.94. The molecule has 0 saturated heterocycles. The summed E-state index contributed by atoms with van der Waals surface area (Å²) in [5.41, 5.74) is 0.730. The molecule has 8 nitrogen and oxygen atoms in total. The van der Waals surface area contributed by atoms with E-state index in [1.807, 2.05) is 6.07 Å². The van der Waals surface area contributed by atoms with Crippen LogP contribution in [-0.4, -0.2) is 44.6 Å². The SMILES string of the molecule is COC(=O)C1=C(C(=O)OC)N(c2c(C#N)ccc(O)c2C)COC1. The summed E-state index contributed by atoms with van der Waals surface area (Å²) in [4.78, 5) is 25.5. The number of esters is 2. The van der Waals surface area contributed by atoms with Crippen LogP contribution in [0.5, 0.6) is 5.75 Å². The van der Waals surface area contributed by atoms with Gasteiger partial charge in [0.2, 0.25) is 0 Å². The lowest BCUT2D eigenvalue weighted by atomic mass is 10.0. The van der Waals surface area contributed by atoms with Gasteiger partial charge in [-0.1, -0.05) is 0 Å². The zero-order valence-electron chi connectivity index (χ0n) is 13.5. The molecule has 0 spiro atoms. The largest absolute Gasteiger partial charge is 0.508 e. The highest BCUT2D eigenvalue weighted by Gasteiger charge is 2.34. The summed E-state index contributed by atoms with van der Waals surface area (Å²) >= 11 is 0. The van der Waals surface area contributed by atoms with Crippen molar-refractivity contribution in [2.24, 2.45) is 0 Å². The van der Waals surface area contributed by atoms with Gasteiger partial charge in [-0.2, -0.15) is 5.26 Å². The minimum atomic E-state index is -0.773. The Labute approximate surface area is 138 Å². The number of anilines is 1. The number of carbonyl (C=O) groups is 2. The Morgan fingerprint density at radius 3 is 2.54 bits per heavy atom. The van der Waals surface area contributed by atoms with Crippen LogP contribution < -0.4 is 4.90 Å². The fourth-order valence-corrected chi connectivity index (χ4v) is 2.45. The molecule has 1 aromatic rings. The van der Waals surface area contributed by atoms with Gasteiger partial charge in [0.05, 0.1) is 37.7 Å². The van der Waals surface area contributed by atoms with Crippen molar-refractivity contribution in [1.29, 1.82) is 5.26 Å². The summed E-state index contributed by atoms with van der Waals surface area (Å²) in [6.07, 6.45) is 0. The quantitative estimate of drug-likeness (QED) is 0.815. The number of phenols is 1. The van der Waals surface area contributed by atoms with Crippen LogP contribution in [0, 0.1) is 18.3 Å². The second-order valence-electron chi connectivity index (χ2n) is 4.93. The number of aromatic hydroxyl groups is 1. The van der Waals surface area contributed by atoms with Crippen LogP contribution in [0.4, 0.5) is 5.69 Å². The van der Waals surface area contributed by atoms with Crippen molar-refractivity contribution < 1.29 is 28.9 Å². The number of hydrogen-bond acceptors (Lipinski definition) is 8. The highest BCUT2D eigenvalue weighted by Crippen LogP contribution is 2.36. The summed E-state index contributed by atoms with van der Waals surface area (Å²) in [7, 11) is 2.36. The number of nitriles is 1. The summed E-state index contributed by atoms with van der Waals surface area (Å²) in [6, 6.07) is 4.79. The van der Waals surface area contributed by atoms with Gasteiger partial charge in [-0.15, -0.1) is 0 Å². The predicted molar refractivity (Wildman–Crippen MR) is 81.9 cm³/mol. The number of rotatable bonds is 3. The summed E-state index contributed by atoms with van der Waals surface area (Å²) < 4.78 is 14.8. The van der Waals surface area contributed by atoms with Gasteiger partial charge in [0, 0.05) is 5.56 Å². The molecule has 0 fully saturated rings. The number of ether oxygens (including phenoxy) is 3. The van der Waals surface area contributed by atoms with E-state index in [2.05, 4.69) is 4.74 Å². The Bertz CT molecular complexity index is 763. The Hall–Kier alpha value is -3.05. The van der Waals surface area contributed by atoms with Crippen LogP contribution in [0.2, 0.25) is 0 Å². The molecule has 8 heteroatoms. The standard InChI is InChI=1S/C16H16N2O6/c1-9-12(19)5-4-10(6-17)13(9)18-8-24-7-11(15(20)22-2)14(18)16(21)23-3/h4-5,19H,7-8H2,1-3H3. The topological polar surface area (TPSA) is 109 Å². The van der Waals surface area contributed by atoms with E-state index in [9.17, 15) is 20.0 Å². The van der Waals surface area contributed by atoms with Crippen LogP contribution in [0.1, 0.15) is 11.1 Å². The fourth-order valence-electron chi connectivity index (χ4n) is 2.45. The van der Waals surface area contributed by atoms with Gasteiger partial charge in [0.1, 0.15) is 24.2 Å². The lowest BCUT2D eigenvalue weighted by Crippen LogP contribution is -2.39. The molecule has 0 unspecified atom stereocenters. The zero-order valence-corrected chi connectivity index (χ0v) is 13.5. The van der Waals surface area contributed by atoms with Crippen LogP contribution in [0.15, 0.2) is 23.4 Å². The molecule has 0 bridgehead atoms. The summed E-state index contributed by atoms with van der Waals surface area (Å²) in [5, 5.41) is 19.3. The molecule has 0 aliphatic carbocycles. The van der Waals surface area contributed by atoms with E-state index in [1.165, 1.54) is 31.3 Å². The average Bonchev–Trinajstić information content (AvgIpc) is 2.61. The van der Waals surface area contributed by atoms with Gasteiger partial charge in [-0.3, -0.25) is 0 Å². The minimum Gasteiger partial charge on any atom is -0.508 e. The second-order valence-corrected chi connectivity index (χ2v) is 4.93. The highest BCUT2D eigenvalue weighted by molar-refractivity contribution is 6.03. The van der Waals surface area contributed by atoms with Crippen molar-refractivity contribution in [2.45, 2.75) is 6.92 Å². The predicted octanol–water partition coefficient (Wildman–Crippen LogP) is 0.966. The smallest absolute Gasteiger partial charge is 0.355 e. The number of hydrogen-bond donors (Lipinski definition) is 1. The van der Waals surface area contributed by atoms with E-state index in [-0.39, 0.29) is 41.6 Å². The maximum atomic E-state index is 12.2. The third-order valence-corrected chi connectivity index (χ3v) is 3.63. The van der Waals surface area contributed by atoms with Crippen LogP contribution in [0.25, 0.3) is 0 Å². The summed E-state index contributed by atoms with van der Waals surface area (Å²) in [5.74, 6) is -1.57. The summed E-state index contributed by atoms with van der Waals surface area (Å²) in [6.45, 7) is 1.37. The molecule has 0 amide bonds. The molecule has 1 N–H and O–H groups in total. The van der Waals surface area contributed by atoms with Gasteiger partial charge in [-0.05, 0) is 19.1 Å². The van der Waals surface area contributed by atoms with E-state index in [0.29, 0.717) is 5.56 Å². The lowest BCUT2D eigenvalue weighted by molar-refractivity contribution is -0.140. The highest BCUT2D eigenvalue weighted by atomic mass is 16.5. The molecule has 1 heterocycles. The maximum absolute atomic E-state index is 12.2. The zero-order chi connectivity index (χ0) is 17.9. The van der Waals surface area contributed by atoms with E-state index in [0.717, 1.165) is 0 Å². The monoisotopic (exact) mass is 332 g/mol. The fraction of sp³-hybridized carbons (Fsp3) is 0.312. The maximum Gasteiger partial charge on any atom is 0.355 e. The van der Waals surface area contributed by atoms with Gasteiger partial charge >= 0.3 is 11.9 Å². The first-order valence-corrected chi connectivity index (χ1v) is 6.94. The normalized spacial score (nSPS) is 14.2. The molecule has 24 heavy (non-hydrogen) atoms. The Kier molecular flexibility index (Phi) is 5.06. The third-order valence-electron chi connectivity index (χ3n) is 3.63. The first-order chi connectivity index (χ1) is 11.5. The number of nitrogens with zero attached hydrogens (tertiary/aromatic N) is 2. The van der Waals surface area contributed by atoms with Crippen molar-refractivity contribution >= 4 is 17.6 Å². The second kappa shape index (κ2) is 7.02. The van der Waals surface area contributed by atoms with E-state index < -0.39 is 11.9 Å². The van der Waals surface area contributed by atoms with Gasteiger partial charge in [0.25, 0.3) is 0 Å². The van der Waals surface area contributed by atoms with Crippen molar-refractivity contribution in [3.8, 4) is 11.8 Å². The van der Waals surface area contributed by atoms with Gasteiger partial charge < -0.3 is 24.2 Å². The molecule has 126 valence electrons. The molecule has 1 aliphatic heterocycles. The molecule has 0 radical (unpaired) electrons. The van der Waals surface area contributed by atoms with E-state index in [1.54, 1.807) is 6.92 Å². The Morgan fingerprint density at radius 1 is 1.29 bits per heavy atom. The van der Waals surface area contributed by atoms with Crippen molar-refractivity contribution in [3.63, 3.8) is 0 Å². The molecular formula is C16H16N2O6. The van der Waals surface area contributed by atoms with Crippen molar-refractivity contribution in [3.05, 3.63) is 34.5 Å². The number of carbonyl (C=O) groups excluding carboxylic acids is 2. The molecule has 2 rings (SSSR count). The minimum absolute atomic E-state index is 0.0257. The van der Waals surface area contributed by atoms with Crippen molar-refractivity contribution in [2.75, 3.05) is 32.5 Å². The number of benzene rings is 1.